The molecule has 0 radical (unpaired) electrons. The lowest BCUT2D eigenvalue weighted by molar-refractivity contribution is -0.134. The highest BCUT2D eigenvalue weighted by Crippen LogP contribution is 2.38. The van der Waals surface area contributed by atoms with E-state index in [1.807, 2.05) is 4.90 Å². The van der Waals surface area contributed by atoms with Gasteiger partial charge in [-0.15, -0.1) is 0 Å². The van der Waals surface area contributed by atoms with Gasteiger partial charge in [0, 0.05) is 24.7 Å². The Morgan fingerprint density at radius 2 is 1.87 bits per heavy atom. The Kier molecular flexibility index (Phi) is 3.01. The molecule has 0 saturated carbocycles. The van der Waals surface area contributed by atoms with Gasteiger partial charge in [0.15, 0.2) is 0 Å². The molecule has 2 aliphatic rings. The van der Waals surface area contributed by atoms with Gasteiger partial charge in [0.1, 0.15) is 0 Å². The molecule has 1 amide bonds. The molecule has 2 aliphatic heterocycles. The van der Waals surface area contributed by atoms with Gasteiger partial charge in [0.25, 0.3) is 0 Å². The van der Waals surface area contributed by atoms with Gasteiger partial charge in [0.05, 0.1) is 0 Å². The molecule has 2 fully saturated rings. The van der Waals surface area contributed by atoms with E-state index in [1.165, 1.54) is 32.2 Å². The van der Waals surface area contributed by atoms with Crippen LogP contribution in [0.5, 0.6) is 0 Å². The molecule has 0 aromatic rings. The summed E-state index contributed by atoms with van der Waals surface area (Å²) in [6.45, 7) is 7.85. The quantitative estimate of drug-likeness (QED) is 0.645. The maximum absolute atomic E-state index is 10.9. The summed E-state index contributed by atoms with van der Waals surface area (Å²) in [5.41, 5.74) is 0.241. The van der Waals surface area contributed by atoms with E-state index >= 15 is 0 Å². The number of carbonyl (C=O) groups is 1. The predicted molar refractivity (Wildman–Crippen MR) is 60.7 cm³/mol. The molecular formula is C12H22N2O. The van der Waals surface area contributed by atoms with Gasteiger partial charge in [-0.3, -0.25) is 4.79 Å². The molecular weight excluding hydrogens is 188 g/mol. The third-order valence-electron chi connectivity index (χ3n) is 4.24. The van der Waals surface area contributed by atoms with Crippen molar-refractivity contribution >= 4 is 6.41 Å². The Labute approximate surface area is 92.4 Å². The van der Waals surface area contributed by atoms with E-state index in [2.05, 4.69) is 18.7 Å². The van der Waals surface area contributed by atoms with Crippen LogP contribution < -0.4 is 0 Å². The van der Waals surface area contributed by atoms with Gasteiger partial charge in [-0.2, -0.15) is 0 Å². The van der Waals surface area contributed by atoms with E-state index in [0.717, 1.165) is 19.5 Å². The van der Waals surface area contributed by atoms with Crippen molar-refractivity contribution in [3.63, 3.8) is 0 Å². The number of rotatable bonds is 2. The van der Waals surface area contributed by atoms with E-state index in [9.17, 15) is 4.79 Å². The fourth-order valence-electron chi connectivity index (χ4n) is 2.97. The molecule has 1 unspecified atom stereocenters. The first-order valence-electron chi connectivity index (χ1n) is 6.14. The van der Waals surface area contributed by atoms with Crippen LogP contribution in [0, 0.1) is 0 Å². The second-order valence-electron chi connectivity index (χ2n) is 5.26. The monoisotopic (exact) mass is 210 g/mol. The van der Waals surface area contributed by atoms with E-state index in [4.69, 9.17) is 0 Å². The number of nitrogens with zero attached hydrogens (tertiary/aromatic N) is 2. The number of hydrogen-bond acceptors (Lipinski definition) is 2. The average Bonchev–Trinajstić information content (AvgIpc) is 2.40. The molecule has 15 heavy (non-hydrogen) atoms. The smallest absolute Gasteiger partial charge is 0.210 e. The zero-order valence-electron chi connectivity index (χ0n) is 9.91. The topological polar surface area (TPSA) is 23.6 Å². The summed E-state index contributed by atoms with van der Waals surface area (Å²) in [4.78, 5) is 15.5. The lowest BCUT2D eigenvalue weighted by Gasteiger charge is -2.51. The van der Waals surface area contributed by atoms with Crippen LogP contribution in [0.2, 0.25) is 0 Å². The van der Waals surface area contributed by atoms with Gasteiger partial charge >= 0.3 is 0 Å². The largest absolute Gasteiger partial charge is 0.339 e. The summed E-state index contributed by atoms with van der Waals surface area (Å²) in [5.74, 6) is 0. The van der Waals surface area contributed by atoms with Crippen LogP contribution in [0.3, 0.4) is 0 Å². The highest BCUT2D eigenvalue weighted by molar-refractivity contribution is 5.51. The summed E-state index contributed by atoms with van der Waals surface area (Å²) in [6.07, 6.45) is 5.88. The Balaban J connectivity index is 1.98. The van der Waals surface area contributed by atoms with Gasteiger partial charge in [0.2, 0.25) is 6.41 Å². The summed E-state index contributed by atoms with van der Waals surface area (Å²) < 4.78 is 0. The SMILES string of the molecule is CC(C)N1CCCC2(CC1)CCN2C=O. The fourth-order valence-corrected chi connectivity index (χ4v) is 2.97. The van der Waals surface area contributed by atoms with Crippen LogP contribution in [0.15, 0.2) is 0 Å². The zero-order chi connectivity index (χ0) is 10.9. The van der Waals surface area contributed by atoms with Crippen molar-refractivity contribution in [1.82, 2.24) is 9.80 Å². The zero-order valence-corrected chi connectivity index (χ0v) is 9.91. The Morgan fingerprint density at radius 3 is 2.40 bits per heavy atom. The minimum absolute atomic E-state index is 0.241. The van der Waals surface area contributed by atoms with Crippen molar-refractivity contribution in [3.8, 4) is 0 Å². The van der Waals surface area contributed by atoms with Crippen molar-refractivity contribution < 1.29 is 4.79 Å². The van der Waals surface area contributed by atoms with Gasteiger partial charge in [-0.1, -0.05) is 0 Å². The molecule has 0 N–H and O–H groups in total. The first-order valence-corrected chi connectivity index (χ1v) is 6.14. The van der Waals surface area contributed by atoms with Gasteiger partial charge in [-0.05, 0) is 46.1 Å². The predicted octanol–water partition coefficient (Wildman–Crippen LogP) is 1.48. The van der Waals surface area contributed by atoms with Crippen molar-refractivity contribution in [2.45, 2.75) is 51.1 Å². The molecule has 2 heterocycles. The summed E-state index contributed by atoms with van der Waals surface area (Å²) in [7, 11) is 0. The van der Waals surface area contributed by atoms with E-state index in [0.29, 0.717) is 6.04 Å². The highest BCUT2D eigenvalue weighted by Gasteiger charge is 2.44. The van der Waals surface area contributed by atoms with E-state index < -0.39 is 0 Å². The van der Waals surface area contributed by atoms with Crippen molar-refractivity contribution in [2.75, 3.05) is 19.6 Å². The Bertz CT molecular complexity index is 242. The molecule has 3 heteroatoms. The van der Waals surface area contributed by atoms with Crippen LogP contribution in [0.25, 0.3) is 0 Å². The molecule has 2 saturated heterocycles. The normalized spacial score (nSPS) is 32.9. The molecule has 0 aliphatic carbocycles. The molecule has 0 aromatic heterocycles. The molecule has 0 bridgehead atoms. The molecule has 86 valence electrons. The minimum Gasteiger partial charge on any atom is -0.339 e. The lowest BCUT2D eigenvalue weighted by Crippen LogP contribution is -2.59. The van der Waals surface area contributed by atoms with Crippen LogP contribution >= 0.6 is 0 Å². The van der Waals surface area contributed by atoms with Crippen LogP contribution in [-0.2, 0) is 4.79 Å². The first-order chi connectivity index (χ1) is 7.18. The lowest BCUT2D eigenvalue weighted by atomic mass is 9.79. The van der Waals surface area contributed by atoms with E-state index in [-0.39, 0.29) is 5.54 Å². The fraction of sp³-hybridized carbons (Fsp3) is 0.917. The summed E-state index contributed by atoms with van der Waals surface area (Å²) in [5, 5.41) is 0. The maximum Gasteiger partial charge on any atom is 0.210 e. The molecule has 3 nitrogen and oxygen atoms in total. The summed E-state index contributed by atoms with van der Waals surface area (Å²) >= 11 is 0. The Morgan fingerprint density at radius 1 is 1.13 bits per heavy atom. The average molecular weight is 210 g/mol. The molecule has 2 rings (SSSR count). The third kappa shape index (κ3) is 1.89. The third-order valence-corrected chi connectivity index (χ3v) is 4.24. The number of carbonyl (C=O) groups excluding carboxylic acids is 1. The molecule has 1 spiro atoms. The van der Waals surface area contributed by atoms with Gasteiger partial charge in [-0.25, -0.2) is 0 Å². The first kappa shape index (κ1) is 10.9. The highest BCUT2D eigenvalue weighted by atomic mass is 16.1. The minimum atomic E-state index is 0.241. The van der Waals surface area contributed by atoms with Crippen molar-refractivity contribution in [2.24, 2.45) is 0 Å². The van der Waals surface area contributed by atoms with Crippen molar-refractivity contribution in [1.29, 1.82) is 0 Å². The number of amides is 1. The number of likely N-dealkylation sites (tertiary alicyclic amines) is 2. The van der Waals surface area contributed by atoms with Crippen LogP contribution in [0.4, 0.5) is 0 Å². The Hall–Kier alpha value is -0.570. The second-order valence-corrected chi connectivity index (χ2v) is 5.26. The molecule has 1 atom stereocenters. The van der Waals surface area contributed by atoms with Crippen molar-refractivity contribution in [3.05, 3.63) is 0 Å². The number of hydrogen-bond donors (Lipinski definition) is 0. The maximum atomic E-state index is 10.9. The van der Waals surface area contributed by atoms with Crippen LogP contribution in [0.1, 0.15) is 39.5 Å². The molecule has 0 aromatic carbocycles. The standard InChI is InChI=1S/C12H22N2O/c1-11(2)13-7-3-4-12(5-8-13)6-9-14(12)10-15/h10-11H,3-9H2,1-2H3. The van der Waals surface area contributed by atoms with Gasteiger partial charge < -0.3 is 9.80 Å². The van der Waals surface area contributed by atoms with E-state index in [1.54, 1.807) is 0 Å². The van der Waals surface area contributed by atoms with Crippen LogP contribution in [-0.4, -0.2) is 47.4 Å². The summed E-state index contributed by atoms with van der Waals surface area (Å²) in [6, 6.07) is 0.643. The second kappa shape index (κ2) is 4.12.